The molecule has 1 fully saturated rings. The third kappa shape index (κ3) is 4.95. The molecule has 1 aliphatic heterocycles. The zero-order valence-electron chi connectivity index (χ0n) is 14.3. The van der Waals surface area contributed by atoms with Crippen LogP contribution in [-0.2, 0) is 14.8 Å². The molecule has 0 bridgehead atoms. The van der Waals surface area contributed by atoms with Gasteiger partial charge in [-0.25, -0.2) is 8.42 Å². The number of benzene rings is 1. The Morgan fingerprint density at radius 2 is 1.75 bits per heavy atom. The lowest BCUT2D eigenvalue weighted by atomic mass is 10.2. The minimum absolute atomic E-state index is 0.126. The average Bonchev–Trinajstić information content (AvgIpc) is 2.84. The second kappa shape index (κ2) is 8.48. The van der Waals surface area contributed by atoms with E-state index in [1.165, 1.54) is 12.1 Å². The van der Waals surface area contributed by atoms with Crippen LogP contribution >= 0.6 is 0 Å². The van der Waals surface area contributed by atoms with Gasteiger partial charge in [0.1, 0.15) is 5.75 Å². The van der Waals surface area contributed by atoms with Gasteiger partial charge in [-0.1, -0.05) is 12.8 Å². The van der Waals surface area contributed by atoms with Gasteiger partial charge in [0, 0.05) is 13.1 Å². The summed E-state index contributed by atoms with van der Waals surface area (Å²) in [4.78, 5) is 14.4. The largest absolute Gasteiger partial charge is 0.494 e. The summed E-state index contributed by atoms with van der Waals surface area (Å²) in [6, 6.07) is 5.41. The average molecular weight is 354 g/mol. The number of nitrogens with one attached hydrogen (secondary N) is 1. The van der Waals surface area contributed by atoms with Crippen LogP contribution in [0.2, 0.25) is 0 Å². The SMILES string of the molecule is CCOc1ccc(S(=O)(=O)N[C@@H](C)C(=O)N2CCCCCC2)cc1. The predicted octanol–water partition coefficient (Wildman–Crippen LogP) is 2.15. The highest BCUT2D eigenvalue weighted by Crippen LogP contribution is 2.17. The number of hydrogen-bond donors (Lipinski definition) is 1. The fraction of sp³-hybridized carbons (Fsp3) is 0.588. The molecule has 1 atom stereocenters. The van der Waals surface area contributed by atoms with Crippen molar-refractivity contribution >= 4 is 15.9 Å². The van der Waals surface area contributed by atoms with E-state index in [2.05, 4.69) is 4.72 Å². The summed E-state index contributed by atoms with van der Waals surface area (Å²) in [5.41, 5.74) is 0. The number of carbonyl (C=O) groups is 1. The molecule has 0 radical (unpaired) electrons. The van der Waals surface area contributed by atoms with Crippen LogP contribution < -0.4 is 9.46 Å². The molecule has 1 saturated heterocycles. The Kier molecular flexibility index (Phi) is 6.62. The van der Waals surface area contributed by atoms with E-state index < -0.39 is 16.1 Å². The van der Waals surface area contributed by atoms with Gasteiger partial charge in [-0.05, 0) is 51.0 Å². The van der Waals surface area contributed by atoms with Crippen LogP contribution in [0.15, 0.2) is 29.2 Å². The molecular formula is C17H26N2O4S. The number of nitrogens with zero attached hydrogens (tertiary/aromatic N) is 1. The lowest BCUT2D eigenvalue weighted by molar-refractivity contribution is -0.132. The van der Waals surface area contributed by atoms with Crippen molar-refractivity contribution in [3.8, 4) is 5.75 Å². The number of ether oxygens (including phenoxy) is 1. The van der Waals surface area contributed by atoms with Gasteiger partial charge in [-0.15, -0.1) is 0 Å². The fourth-order valence-electron chi connectivity index (χ4n) is 2.80. The summed E-state index contributed by atoms with van der Waals surface area (Å²) < 4.78 is 32.7. The number of likely N-dealkylation sites (tertiary alicyclic amines) is 1. The maximum atomic E-state index is 12.5. The normalized spacial score (nSPS) is 17.2. The number of carbonyl (C=O) groups excluding carboxylic acids is 1. The third-order valence-corrected chi connectivity index (χ3v) is 5.62. The smallest absolute Gasteiger partial charge is 0.241 e. The fourth-order valence-corrected chi connectivity index (χ4v) is 3.99. The van der Waals surface area contributed by atoms with E-state index in [0.717, 1.165) is 25.7 Å². The lowest BCUT2D eigenvalue weighted by Gasteiger charge is -2.24. The quantitative estimate of drug-likeness (QED) is 0.849. The van der Waals surface area contributed by atoms with Crippen molar-refractivity contribution in [3.05, 3.63) is 24.3 Å². The Hall–Kier alpha value is -1.60. The molecule has 1 aromatic carbocycles. The summed E-state index contributed by atoms with van der Waals surface area (Å²) >= 11 is 0. The Balaban J connectivity index is 2.02. The zero-order chi connectivity index (χ0) is 17.6. The van der Waals surface area contributed by atoms with Gasteiger partial charge in [0.15, 0.2) is 0 Å². The summed E-state index contributed by atoms with van der Waals surface area (Å²) in [5, 5.41) is 0. The highest BCUT2D eigenvalue weighted by molar-refractivity contribution is 7.89. The van der Waals surface area contributed by atoms with Crippen LogP contribution in [0.1, 0.15) is 39.5 Å². The standard InChI is InChI=1S/C17H26N2O4S/c1-3-23-15-8-10-16(11-9-15)24(21,22)18-14(2)17(20)19-12-6-4-5-7-13-19/h8-11,14,18H,3-7,12-13H2,1-2H3/t14-/m0/s1. The van der Waals surface area contributed by atoms with E-state index >= 15 is 0 Å². The van der Waals surface area contributed by atoms with Crippen LogP contribution in [0.25, 0.3) is 0 Å². The Morgan fingerprint density at radius 1 is 1.17 bits per heavy atom. The molecule has 1 amide bonds. The van der Waals surface area contributed by atoms with Crippen LogP contribution in [0.4, 0.5) is 0 Å². The van der Waals surface area contributed by atoms with Crippen LogP contribution in [0, 0.1) is 0 Å². The number of hydrogen-bond acceptors (Lipinski definition) is 4. The molecule has 7 heteroatoms. The monoisotopic (exact) mass is 354 g/mol. The second-order valence-electron chi connectivity index (χ2n) is 5.99. The van der Waals surface area contributed by atoms with Gasteiger partial charge in [-0.3, -0.25) is 4.79 Å². The Morgan fingerprint density at radius 3 is 2.29 bits per heavy atom. The van der Waals surface area contributed by atoms with E-state index in [4.69, 9.17) is 4.74 Å². The minimum Gasteiger partial charge on any atom is -0.494 e. The van der Waals surface area contributed by atoms with Gasteiger partial charge < -0.3 is 9.64 Å². The molecule has 1 heterocycles. The highest BCUT2D eigenvalue weighted by atomic mass is 32.2. The summed E-state index contributed by atoms with van der Waals surface area (Å²) in [6.07, 6.45) is 4.19. The van der Waals surface area contributed by atoms with Gasteiger partial charge in [-0.2, -0.15) is 4.72 Å². The van der Waals surface area contributed by atoms with Crippen LogP contribution in [-0.4, -0.2) is 45.0 Å². The number of amides is 1. The molecule has 24 heavy (non-hydrogen) atoms. The molecule has 1 N–H and O–H groups in total. The van der Waals surface area contributed by atoms with Gasteiger partial charge >= 0.3 is 0 Å². The highest BCUT2D eigenvalue weighted by Gasteiger charge is 2.26. The molecule has 0 spiro atoms. The molecule has 0 aromatic heterocycles. The molecule has 1 aromatic rings. The Labute approximate surface area is 144 Å². The van der Waals surface area contributed by atoms with Crippen molar-refractivity contribution in [1.29, 1.82) is 0 Å². The first-order valence-corrected chi connectivity index (χ1v) is 9.96. The summed E-state index contributed by atoms with van der Waals surface area (Å²) in [6.45, 7) is 5.38. The topological polar surface area (TPSA) is 75.7 Å². The number of rotatable bonds is 6. The van der Waals surface area contributed by atoms with Crippen LogP contribution in [0.3, 0.4) is 0 Å². The molecule has 1 aliphatic rings. The van der Waals surface area contributed by atoms with Gasteiger partial charge in [0.2, 0.25) is 15.9 Å². The van der Waals surface area contributed by atoms with E-state index in [-0.39, 0.29) is 10.8 Å². The summed E-state index contributed by atoms with van der Waals surface area (Å²) in [7, 11) is -3.74. The molecular weight excluding hydrogens is 328 g/mol. The van der Waals surface area contributed by atoms with Crippen molar-refractivity contribution in [2.75, 3.05) is 19.7 Å². The predicted molar refractivity (Wildman–Crippen MR) is 92.4 cm³/mol. The van der Waals surface area contributed by atoms with Crippen molar-refractivity contribution in [2.45, 2.75) is 50.5 Å². The molecule has 0 unspecified atom stereocenters. The minimum atomic E-state index is -3.74. The molecule has 0 saturated carbocycles. The maximum Gasteiger partial charge on any atom is 0.241 e. The number of sulfonamides is 1. The van der Waals surface area contributed by atoms with E-state index in [0.29, 0.717) is 25.4 Å². The van der Waals surface area contributed by atoms with Gasteiger partial charge in [0.25, 0.3) is 0 Å². The van der Waals surface area contributed by atoms with Crippen LogP contribution in [0.5, 0.6) is 5.75 Å². The van der Waals surface area contributed by atoms with Crippen molar-refractivity contribution in [2.24, 2.45) is 0 Å². The first-order chi connectivity index (χ1) is 11.4. The van der Waals surface area contributed by atoms with Crippen molar-refractivity contribution in [1.82, 2.24) is 9.62 Å². The third-order valence-electron chi connectivity index (χ3n) is 4.07. The second-order valence-corrected chi connectivity index (χ2v) is 7.70. The molecule has 0 aliphatic carbocycles. The maximum absolute atomic E-state index is 12.5. The van der Waals surface area contributed by atoms with E-state index in [9.17, 15) is 13.2 Å². The lowest BCUT2D eigenvalue weighted by Crippen LogP contribution is -2.47. The molecule has 6 nitrogen and oxygen atoms in total. The van der Waals surface area contributed by atoms with Crippen molar-refractivity contribution < 1.29 is 17.9 Å². The Bertz CT molecular complexity index is 635. The molecule has 2 rings (SSSR count). The first kappa shape index (κ1) is 18.7. The van der Waals surface area contributed by atoms with Crippen molar-refractivity contribution in [3.63, 3.8) is 0 Å². The zero-order valence-corrected chi connectivity index (χ0v) is 15.1. The first-order valence-electron chi connectivity index (χ1n) is 8.48. The van der Waals surface area contributed by atoms with E-state index in [1.54, 1.807) is 24.0 Å². The van der Waals surface area contributed by atoms with Gasteiger partial charge in [0.05, 0.1) is 17.5 Å². The van der Waals surface area contributed by atoms with E-state index in [1.807, 2.05) is 6.92 Å². The molecule has 134 valence electrons. The summed E-state index contributed by atoms with van der Waals surface area (Å²) in [5.74, 6) is 0.455.